The molecule has 1 fully saturated rings. The Morgan fingerprint density at radius 3 is 2.36 bits per heavy atom. The normalized spacial score (nSPS) is 38.5. The fourth-order valence-corrected chi connectivity index (χ4v) is 2.45. The zero-order valence-electron chi connectivity index (χ0n) is 7.88. The molecule has 1 aliphatic rings. The molecule has 1 heteroatoms. The van der Waals surface area contributed by atoms with Gasteiger partial charge in [-0.25, -0.2) is 0 Å². The van der Waals surface area contributed by atoms with E-state index in [0.717, 1.165) is 17.8 Å². The molecular weight excluding hydrogens is 136 g/mol. The lowest BCUT2D eigenvalue weighted by molar-refractivity contribution is 0.144. The predicted molar refractivity (Wildman–Crippen MR) is 47.3 cm³/mol. The maximum Gasteiger partial charge on any atom is 0.0464 e. The van der Waals surface area contributed by atoms with E-state index in [1.807, 2.05) is 0 Å². The zero-order chi connectivity index (χ0) is 8.43. The van der Waals surface area contributed by atoms with Crippen LogP contribution in [0.15, 0.2) is 0 Å². The molecular formula is C10H20O. The lowest BCUT2D eigenvalue weighted by Gasteiger charge is -2.23. The summed E-state index contributed by atoms with van der Waals surface area (Å²) in [5.74, 6) is 2.84. The van der Waals surface area contributed by atoms with Crippen molar-refractivity contribution in [2.75, 3.05) is 6.61 Å². The van der Waals surface area contributed by atoms with Crippen molar-refractivity contribution in [2.45, 2.75) is 33.6 Å². The molecule has 0 aromatic carbocycles. The van der Waals surface area contributed by atoms with Crippen LogP contribution in [0.4, 0.5) is 0 Å². The fourth-order valence-electron chi connectivity index (χ4n) is 2.45. The van der Waals surface area contributed by atoms with Crippen molar-refractivity contribution in [1.29, 1.82) is 0 Å². The number of aliphatic hydroxyl groups excluding tert-OH is 1. The van der Waals surface area contributed by atoms with Crippen molar-refractivity contribution >= 4 is 0 Å². The van der Waals surface area contributed by atoms with Gasteiger partial charge in [0.2, 0.25) is 0 Å². The van der Waals surface area contributed by atoms with E-state index in [0.29, 0.717) is 12.5 Å². The number of aliphatic hydroxyl groups is 1. The molecule has 0 aliphatic heterocycles. The van der Waals surface area contributed by atoms with Crippen LogP contribution in [0.3, 0.4) is 0 Å². The van der Waals surface area contributed by atoms with E-state index in [4.69, 9.17) is 5.11 Å². The lowest BCUT2D eigenvalue weighted by atomic mass is 9.84. The van der Waals surface area contributed by atoms with Crippen LogP contribution in [0.5, 0.6) is 0 Å². The van der Waals surface area contributed by atoms with E-state index >= 15 is 0 Å². The van der Waals surface area contributed by atoms with Crippen molar-refractivity contribution in [3.63, 3.8) is 0 Å². The predicted octanol–water partition coefficient (Wildman–Crippen LogP) is 2.30. The maximum atomic E-state index is 9.16. The van der Waals surface area contributed by atoms with Crippen molar-refractivity contribution < 1.29 is 5.11 Å². The standard InChI is InChI=1S/C10H20O/c1-7(2)9-5-4-8(3)10(9)6-11/h7-11H,4-6H2,1-3H3/t8-,9-,10-/m1/s1. The van der Waals surface area contributed by atoms with Gasteiger partial charge in [-0.1, -0.05) is 27.2 Å². The summed E-state index contributed by atoms with van der Waals surface area (Å²) in [6.45, 7) is 7.20. The highest BCUT2D eigenvalue weighted by Gasteiger charge is 2.34. The summed E-state index contributed by atoms with van der Waals surface area (Å²) >= 11 is 0. The monoisotopic (exact) mass is 156 g/mol. The molecule has 0 unspecified atom stereocenters. The SMILES string of the molecule is CC(C)[C@H]1CC[C@@H](C)[C@H]1CO. The molecule has 1 nitrogen and oxygen atoms in total. The Kier molecular flexibility index (Phi) is 2.94. The third-order valence-electron chi connectivity index (χ3n) is 3.30. The summed E-state index contributed by atoms with van der Waals surface area (Å²) in [6, 6.07) is 0. The Balaban J connectivity index is 2.54. The number of hydrogen-bond donors (Lipinski definition) is 1. The molecule has 1 N–H and O–H groups in total. The van der Waals surface area contributed by atoms with E-state index in [1.54, 1.807) is 0 Å². The van der Waals surface area contributed by atoms with Gasteiger partial charge in [-0.05, 0) is 30.1 Å². The van der Waals surface area contributed by atoms with E-state index in [1.165, 1.54) is 12.8 Å². The van der Waals surface area contributed by atoms with E-state index in [9.17, 15) is 0 Å². The van der Waals surface area contributed by atoms with Crippen LogP contribution in [-0.2, 0) is 0 Å². The average molecular weight is 156 g/mol. The number of hydrogen-bond acceptors (Lipinski definition) is 1. The second-order valence-electron chi connectivity index (χ2n) is 4.31. The smallest absolute Gasteiger partial charge is 0.0464 e. The van der Waals surface area contributed by atoms with Crippen molar-refractivity contribution in [3.8, 4) is 0 Å². The Bertz CT molecular complexity index is 120. The molecule has 1 aliphatic carbocycles. The summed E-state index contributed by atoms with van der Waals surface area (Å²) in [5, 5.41) is 9.16. The molecule has 0 aromatic rings. The minimum absolute atomic E-state index is 0.393. The largest absolute Gasteiger partial charge is 0.396 e. The van der Waals surface area contributed by atoms with Crippen molar-refractivity contribution in [1.82, 2.24) is 0 Å². The second kappa shape index (κ2) is 3.57. The van der Waals surface area contributed by atoms with Gasteiger partial charge < -0.3 is 5.11 Å². The molecule has 0 spiro atoms. The van der Waals surface area contributed by atoms with E-state index in [2.05, 4.69) is 20.8 Å². The van der Waals surface area contributed by atoms with Gasteiger partial charge in [0.05, 0.1) is 0 Å². The van der Waals surface area contributed by atoms with Gasteiger partial charge in [-0.3, -0.25) is 0 Å². The van der Waals surface area contributed by atoms with Gasteiger partial charge in [-0.15, -0.1) is 0 Å². The number of rotatable bonds is 2. The van der Waals surface area contributed by atoms with Crippen molar-refractivity contribution in [2.24, 2.45) is 23.7 Å². The molecule has 0 radical (unpaired) electrons. The second-order valence-corrected chi connectivity index (χ2v) is 4.31. The van der Waals surface area contributed by atoms with Crippen LogP contribution < -0.4 is 0 Å². The highest BCUT2D eigenvalue weighted by molar-refractivity contribution is 4.83. The molecule has 0 saturated heterocycles. The minimum atomic E-state index is 0.393. The highest BCUT2D eigenvalue weighted by Crippen LogP contribution is 2.40. The molecule has 1 rings (SSSR count). The van der Waals surface area contributed by atoms with Gasteiger partial charge >= 0.3 is 0 Å². The molecule has 66 valence electrons. The van der Waals surface area contributed by atoms with Crippen LogP contribution >= 0.6 is 0 Å². The van der Waals surface area contributed by atoms with Gasteiger partial charge in [0.1, 0.15) is 0 Å². The van der Waals surface area contributed by atoms with Crippen LogP contribution in [0.2, 0.25) is 0 Å². The third-order valence-corrected chi connectivity index (χ3v) is 3.30. The first kappa shape index (κ1) is 9.05. The summed E-state index contributed by atoms with van der Waals surface area (Å²) in [7, 11) is 0. The first-order chi connectivity index (χ1) is 5.16. The van der Waals surface area contributed by atoms with Crippen LogP contribution in [0.1, 0.15) is 33.6 Å². The maximum absolute atomic E-state index is 9.16. The van der Waals surface area contributed by atoms with Crippen LogP contribution in [0, 0.1) is 23.7 Å². The van der Waals surface area contributed by atoms with Crippen LogP contribution in [-0.4, -0.2) is 11.7 Å². The van der Waals surface area contributed by atoms with Gasteiger partial charge in [0.15, 0.2) is 0 Å². The summed E-state index contributed by atoms with van der Waals surface area (Å²) in [5.41, 5.74) is 0. The topological polar surface area (TPSA) is 20.2 Å². The average Bonchev–Trinajstić information content (AvgIpc) is 2.30. The summed E-state index contributed by atoms with van der Waals surface area (Å²) < 4.78 is 0. The highest BCUT2D eigenvalue weighted by atomic mass is 16.3. The Hall–Kier alpha value is -0.0400. The fraction of sp³-hybridized carbons (Fsp3) is 1.00. The zero-order valence-corrected chi connectivity index (χ0v) is 7.88. The summed E-state index contributed by atoms with van der Waals surface area (Å²) in [6.07, 6.45) is 2.64. The molecule has 0 aromatic heterocycles. The first-order valence-electron chi connectivity index (χ1n) is 4.77. The Morgan fingerprint density at radius 2 is 2.00 bits per heavy atom. The molecule has 0 heterocycles. The van der Waals surface area contributed by atoms with Gasteiger partial charge in [0.25, 0.3) is 0 Å². The molecule has 3 atom stereocenters. The minimum Gasteiger partial charge on any atom is -0.396 e. The quantitative estimate of drug-likeness (QED) is 0.650. The molecule has 0 bridgehead atoms. The lowest BCUT2D eigenvalue weighted by Crippen LogP contribution is -2.21. The van der Waals surface area contributed by atoms with Crippen molar-refractivity contribution in [3.05, 3.63) is 0 Å². The molecule has 11 heavy (non-hydrogen) atoms. The Labute approximate surface area is 69.8 Å². The first-order valence-corrected chi connectivity index (χ1v) is 4.77. The molecule has 0 amide bonds. The third kappa shape index (κ3) is 1.76. The van der Waals surface area contributed by atoms with Crippen LogP contribution in [0.25, 0.3) is 0 Å². The summed E-state index contributed by atoms with van der Waals surface area (Å²) in [4.78, 5) is 0. The Morgan fingerprint density at radius 1 is 1.36 bits per heavy atom. The van der Waals surface area contributed by atoms with E-state index < -0.39 is 0 Å². The molecule has 1 saturated carbocycles. The van der Waals surface area contributed by atoms with E-state index in [-0.39, 0.29) is 0 Å². The van der Waals surface area contributed by atoms with Gasteiger partial charge in [-0.2, -0.15) is 0 Å². The van der Waals surface area contributed by atoms with Gasteiger partial charge in [0, 0.05) is 6.61 Å².